The fourth-order valence-electron chi connectivity index (χ4n) is 3.17. The molecule has 1 aliphatic rings. The van der Waals surface area contributed by atoms with E-state index in [0.717, 1.165) is 24.3 Å². The van der Waals surface area contributed by atoms with Gasteiger partial charge in [-0.05, 0) is 24.3 Å². The zero-order valence-corrected chi connectivity index (χ0v) is 17.5. The molecule has 14 heteroatoms. The van der Waals surface area contributed by atoms with E-state index in [1.165, 1.54) is 10.8 Å². The Kier molecular flexibility index (Phi) is 6.08. The number of aliphatic hydroxyl groups excluding tert-OH is 1. The van der Waals surface area contributed by atoms with E-state index in [-0.39, 0.29) is 29.0 Å². The van der Waals surface area contributed by atoms with Gasteiger partial charge in [0, 0.05) is 28.1 Å². The number of aliphatic hydroxyl groups is 1. The highest BCUT2D eigenvalue weighted by Crippen LogP contribution is 2.49. The van der Waals surface area contributed by atoms with Gasteiger partial charge in [0.1, 0.15) is 17.3 Å². The lowest BCUT2D eigenvalue weighted by Crippen LogP contribution is -2.30. The Morgan fingerprint density at radius 3 is 2.45 bits per heavy atom. The summed E-state index contributed by atoms with van der Waals surface area (Å²) >= 11 is 3.07. The van der Waals surface area contributed by atoms with Crippen molar-refractivity contribution < 1.29 is 45.7 Å². The van der Waals surface area contributed by atoms with Gasteiger partial charge >= 0.3 is 21.6 Å². The monoisotopic (exact) mass is 528 g/mol. The van der Waals surface area contributed by atoms with Gasteiger partial charge in [0.15, 0.2) is 0 Å². The van der Waals surface area contributed by atoms with E-state index in [1.54, 1.807) is 0 Å². The van der Waals surface area contributed by atoms with Gasteiger partial charge in [-0.3, -0.25) is 4.72 Å². The standard InChI is InChI=1S/C17H13BrF4N2O6S/c18-7-3-8(19)5-9(4-7)30-13-2-1-10(24-31(28,29)17(20,21)22)14-12(25)6-11(15(13)14)23-16(26)27/h1-5,11-12,23-25H,6H2,(H,26,27)/t11-,12+/m1/s1. The molecular formula is C17H13BrF4N2O6S. The number of alkyl halides is 3. The number of carbonyl (C=O) groups is 1. The van der Waals surface area contributed by atoms with Crippen molar-refractivity contribution in [3.63, 3.8) is 0 Å². The molecule has 0 heterocycles. The third-order valence-corrected chi connectivity index (χ3v) is 5.85. The van der Waals surface area contributed by atoms with E-state index in [9.17, 15) is 35.9 Å². The number of nitrogens with one attached hydrogen (secondary N) is 2. The van der Waals surface area contributed by atoms with Gasteiger partial charge in [-0.15, -0.1) is 0 Å². The average molecular weight is 529 g/mol. The summed E-state index contributed by atoms with van der Waals surface area (Å²) in [6, 6.07) is 4.40. The minimum Gasteiger partial charge on any atom is -0.465 e. The Balaban J connectivity index is 2.12. The molecule has 4 N–H and O–H groups in total. The molecule has 1 aliphatic carbocycles. The van der Waals surface area contributed by atoms with E-state index >= 15 is 0 Å². The number of benzene rings is 2. The first-order valence-electron chi connectivity index (χ1n) is 8.36. The average Bonchev–Trinajstić information content (AvgIpc) is 2.91. The maximum atomic E-state index is 13.7. The van der Waals surface area contributed by atoms with Crippen LogP contribution in [-0.2, 0) is 10.0 Å². The smallest absolute Gasteiger partial charge is 0.465 e. The summed E-state index contributed by atoms with van der Waals surface area (Å²) in [7, 11) is -5.81. The number of fused-ring (bicyclic) bond motifs is 1. The Morgan fingerprint density at radius 2 is 1.87 bits per heavy atom. The largest absolute Gasteiger partial charge is 0.516 e. The molecule has 0 aliphatic heterocycles. The summed E-state index contributed by atoms with van der Waals surface area (Å²) in [5.74, 6) is -0.818. The lowest BCUT2D eigenvalue weighted by Gasteiger charge is -2.19. The maximum Gasteiger partial charge on any atom is 0.516 e. The van der Waals surface area contributed by atoms with Crippen LogP contribution in [0.5, 0.6) is 11.5 Å². The second-order valence-electron chi connectivity index (χ2n) is 6.45. The molecule has 31 heavy (non-hydrogen) atoms. The van der Waals surface area contributed by atoms with Crippen molar-refractivity contribution in [3.05, 3.63) is 51.7 Å². The SMILES string of the molecule is O=C(O)N[C@@H]1C[C@H](O)c2c(NS(=O)(=O)C(F)(F)F)ccc(Oc3cc(F)cc(Br)c3)c21. The molecule has 8 nitrogen and oxygen atoms in total. The van der Waals surface area contributed by atoms with E-state index in [4.69, 9.17) is 9.84 Å². The van der Waals surface area contributed by atoms with Crippen LogP contribution >= 0.6 is 15.9 Å². The van der Waals surface area contributed by atoms with Crippen molar-refractivity contribution >= 4 is 37.7 Å². The molecule has 0 aromatic heterocycles. The quantitative estimate of drug-likeness (QED) is 0.426. The lowest BCUT2D eigenvalue weighted by atomic mass is 10.0. The second-order valence-corrected chi connectivity index (χ2v) is 9.04. The van der Waals surface area contributed by atoms with Gasteiger partial charge in [0.2, 0.25) is 0 Å². The number of anilines is 1. The molecule has 168 valence electrons. The van der Waals surface area contributed by atoms with E-state index in [2.05, 4.69) is 21.2 Å². The van der Waals surface area contributed by atoms with Gasteiger partial charge in [-0.1, -0.05) is 15.9 Å². The number of hydrogen-bond acceptors (Lipinski definition) is 5. The molecule has 1 amide bonds. The topological polar surface area (TPSA) is 125 Å². The zero-order valence-electron chi connectivity index (χ0n) is 15.1. The molecule has 0 bridgehead atoms. The molecule has 0 radical (unpaired) electrons. The lowest BCUT2D eigenvalue weighted by molar-refractivity contribution is -0.0429. The number of hydrogen-bond donors (Lipinski definition) is 4. The fourth-order valence-corrected chi connectivity index (χ4v) is 4.20. The molecule has 2 aromatic rings. The van der Waals surface area contributed by atoms with Crippen LogP contribution in [0, 0.1) is 5.82 Å². The molecular weight excluding hydrogens is 516 g/mol. The van der Waals surface area contributed by atoms with E-state index in [0.29, 0.717) is 4.47 Å². The molecule has 2 aromatic carbocycles. The number of ether oxygens (including phenoxy) is 1. The second kappa shape index (κ2) is 8.16. The molecule has 0 saturated heterocycles. The summed E-state index contributed by atoms with van der Waals surface area (Å²) in [6.45, 7) is 0. The summed E-state index contributed by atoms with van der Waals surface area (Å²) in [4.78, 5) is 11.1. The van der Waals surface area contributed by atoms with Crippen molar-refractivity contribution in [3.8, 4) is 11.5 Å². The Bertz CT molecular complexity index is 1120. The van der Waals surface area contributed by atoms with Gasteiger partial charge in [-0.25, -0.2) is 9.18 Å². The predicted octanol–water partition coefficient (Wildman–Crippen LogP) is 4.39. The van der Waals surface area contributed by atoms with Gasteiger partial charge in [0.25, 0.3) is 0 Å². The van der Waals surface area contributed by atoms with Crippen LogP contribution in [0.1, 0.15) is 29.7 Å². The van der Waals surface area contributed by atoms with E-state index in [1.807, 2.05) is 0 Å². The van der Waals surface area contributed by atoms with Crippen LogP contribution in [-0.4, -0.2) is 30.2 Å². The van der Waals surface area contributed by atoms with Crippen molar-refractivity contribution in [1.29, 1.82) is 0 Å². The van der Waals surface area contributed by atoms with Crippen LogP contribution < -0.4 is 14.8 Å². The van der Waals surface area contributed by atoms with Gasteiger partial charge < -0.3 is 20.3 Å². The number of amides is 1. The Labute approximate surface area is 181 Å². The molecule has 3 rings (SSSR count). The number of rotatable bonds is 5. The van der Waals surface area contributed by atoms with Crippen LogP contribution in [0.15, 0.2) is 34.8 Å². The zero-order chi connectivity index (χ0) is 23.1. The van der Waals surface area contributed by atoms with Crippen molar-refractivity contribution in [2.45, 2.75) is 24.1 Å². The minimum atomic E-state index is -5.81. The van der Waals surface area contributed by atoms with Crippen molar-refractivity contribution in [2.24, 2.45) is 0 Å². The Morgan fingerprint density at radius 1 is 1.19 bits per heavy atom. The minimum absolute atomic E-state index is 0.0341. The van der Waals surface area contributed by atoms with Crippen LogP contribution in [0.2, 0.25) is 0 Å². The van der Waals surface area contributed by atoms with Crippen LogP contribution in [0.4, 0.5) is 28.0 Å². The number of halogens is 5. The van der Waals surface area contributed by atoms with Crippen molar-refractivity contribution in [1.82, 2.24) is 5.32 Å². The van der Waals surface area contributed by atoms with Crippen LogP contribution in [0.25, 0.3) is 0 Å². The predicted molar refractivity (Wildman–Crippen MR) is 103 cm³/mol. The van der Waals surface area contributed by atoms with Crippen LogP contribution in [0.3, 0.4) is 0 Å². The van der Waals surface area contributed by atoms with Gasteiger partial charge in [-0.2, -0.15) is 21.6 Å². The highest BCUT2D eigenvalue weighted by Gasteiger charge is 2.47. The fraction of sp³-hybridized carbons (Fsp3) is 0.235. The first-order chi connectivity index (χ1) is 14.3. The molecule has 0 spiro atoms. The number of sulfonamides is 1. The van der Waals surface area contributed by atoms with E-state index < -0.39 is 45.3 Å². The third-order valence-electron chi connectivity index (χ3n) is 4.30. The molecule has 0 fully saturated rings. The molecule has 0 saturated carbocycles. The maximum absolute atomic E-state index is 13.7. The normalized spacial score (nSPS) is 18.4. The molecule has 0 unspecified atom stereocenters. The highest BCUT2D eigenvalue weighted by molar-refractivity contribution is 9.10. The van der Waals surface area contributed by atoms with Gasteiger partial charge in [0.05, 0.1) is 17.8 Å². The first kappa shape index (κ1) is 23.1. The summed E-state index contributed by atoms with van der Waals surface area (Å²) in [5, 5.41) is 21.5. The highest BCUT2D eigenvalue weighted by atomic mass is 79.9. The third kappa shape index (κ3) is 4.85. The summed E-state index contributed by atoms with van der Waals surface area (Å²) in [6.07, 6.45) is -3.30. The summed E-state index contributed by atoms with van der Waals surface area (Å²) < 4.78 is 82.4. The summed E-state index contributed by atoms with van der Waals surface area (Å²) in [5.41, 5.74) is -6.59. The van der Waals surface area contributed by atoms with Crippen molar-refractivity contribution in [2.75, 3.05) is 4.72 Å². The Hall–Kier alpha value is -2.58. The molecule has 2 atom stereocenters. The first-order valence-corrected chi connectivity index (χ1v) is 10.6. The number of carboxylic acid groups (broad SMARTS) is 1.